The van der Waals surface area contributed by atoms with Crippen LogP contribution >= 0.6 is 0 Å². The molecular weight excluding hydrogens is 367 g/mol. The minimum absolute atomic E-state index is 0.0379. The lowest BCUT2D eigenvalue weighted by Gasteiger charge is -2.45. The Morgan fingerprint density at radius 2 is 2.00 bits per heavy atom. The number of cyclic esters (lactones) is 1. The second-order valence-corrected chi connectivity index (χ2v) is 8.64. The molecule has 1 aliphatic carbocycles. The Balaban J connectivity index is 1.58. The Morgan fingerprint density at radius 3 is 2.69 bits per heavy atom. The summed E-state index contributed by atoms with van der Waals surface area (Å²) in [6.07, 6.45) is 6.34. The first kappa shape index (κ1) is 19.8. The summed E-state index contributed by atoms with van der Waals surface area (Å²) in [6.45, 7) is 6.31. The van der Waals surface area contributed by atoms with Crippen molar-refractivity contribution < 1.29 is 13.9 Å². The van der Waals surface area contributed by atoms with Crippen LogP contribution < -0.4 is 5.73 Å². The fraction of sp³-hybridized carbons (Fsp3) is 0.417. The Hall–Kier alpha value is -2.53. The zero-order valence-electron chi connectivity index (χ0n) is 17.0. The first-order valence-electron chi connectivity index (χ1n) is 10.2. The molecule has 4 nitrogen and oxygen atoms in total. The topological polar surface area (TPSA) is 65.2 Å². The van der Waals surface area contributed by atoms with Crippen LogP contribution in [0.4, 0.5) is 4.39 Å². The number of fused-ring (bicyclic) bond motifs is 1. The highest BCUT2D eigenvalue weighted by atomic mass is 19.1. The maximum absolute atomic E-state index is 13.4. The molecule has 5 heteroatoms. The number of hydrogen-bond acceptors (Lipinski definition) is 4. The van der Waals surface area contributed by atoms with E-state index in [0.29, 0.717) is 18.3 Å². The molecule has 1 unspecified atom stereocenters. The number of carbonyl (C=O) groups is 1. The molecule has 0 radical (unpaired) electrons. The number of halogens is 1. The lowest BCUT2D eigenvalue weighted by atomic mass is 9.59. The van der Waals surface area contributed by atoms with E-state index in [1.165, 1.54) is 12.1 Å². The van der Waals surface area contributed by atoms with Gasteiger partial charge in [-0.3, -0.25) is 9.78 Å². The molecule has 1 saturated carbocycles. The molecule has 29 heavy (non-hydrogen) atoms. The van der Waals surface area contributed by atoms with Crippen LogP contribution in [0.5, 0.6) is 0 Å². The normalized spacial score (nSPS) is 34.2. The quantitative estimate of drug-likeness (QED) is 0.781. The molecule has 2 heterocycles. The number of nitrogens with two attached hydrogens (primary N) is 1. The van der Waals surface area contributed by atoms with Crippen LogP contribution in [0.3, 0.4) is 0 Å². The van der Waals surface area contributed by atoms with E-state index < -0.39 is 5.54 Å². The van der Waals surface area contributed by atoms with Crippen LogP contribution in [0, 0.1) is 29.5 Å². The van der Waals surface area contributed by atoms with Gasteiger partial charge in [0.1, 0.15) is 17.5 Å². The highest BCUT2D eigenvalue weighted by Crippen LogP contribution is 2.50. The number of nitrogens with zero attached hydrogens (tertiary/aromatic N) is 1. The second kappa shape index (κ2) is 7.38. The third kappa shape index (κ3) is 3.48. The number of rotatable bonds is 3. The van der Waals surface area contributed by atoms with Crippen molar-refractivity contribution in [2.45, 2.75) is 38.8 Å². The first-order valence-corrected chi connectivity index (χ1v) is 10.2. The number of ether oxygens (including phenoxy) is 1. The number of pyridine rings is 1. The molecule has 4 rings (SSSR count). The van der Waals surface area contributed by atoms with Gasteiger partial charge in [0.2, 0.25) is 0 Å². The van der Waals surface area contributed by atoms with Gasteiger partial charge in [0.05, 0.1) is 5.69 Å². The largest absolute Gasteiger partial charge is 0.461 e. The minimum atomic E-state index is -0.908. The zero-order chi connectivity index (χ0) is 20.8. The third-order valence-corrected chi connectivity index (χ3v) is 6.79. The number of aromatic nitrogens is 1. The summed E-state index contributed by atoms with van der Waals surface area (Å²) >= 11 is 0. The van der Waals surface area contributed by atoms with Crippen molar-refractivity contribution >= 4 is 12.0 Å². The summed E-state index contributed by atoms with van der Waals surface area (Å²) in [6, 6.07) is 10.3. The fourth-order valence-corrected chi connectivity index (χ4v) is 5.05. The fourth-order valence-electron chi connectivity index (χ4n) is 5.05. The van der Waals surface area contributed by atoms with Crippen LogP contribution in [0.25, 0.3) is 17.2 Å². The number of carbonyl (C=O) groups excluding carboxylic acids is 1. The lowest BCUT2D eigenvalue weighted by Crippen LogP contribution is -2.58. The summed E-state index contributed by atoms with van der Waals surface area (Å²) in [4.78, 5) is 16.9. The van der Waals surface area contributed by atoms with Gasteiger partial charge in [-0.1, -0.05) is 38.1 Å². The van der Waals surface area contributed by atoms with Crippen LogP contribution in [0.2, 0.25) is 0 Å². The summed E-state index contributed by atoms with van der Waals surface area (Å²) in [5, 5.41) is 0. The zero-order valence-corrected chi connectivity index (χ0v) is 17.0. The van der Waals surface area contributed by atoms with Crippen molar-refractivity contribution in [1.29, 1.82) is 0 Å². The van der Waals surface area contributed by atoms with E-state index in [9.17, 15) is 9.18 Å². The summed E-state index contributed by atoms with van der Waals surface area (Å²) in [5.74, 6) is 0.270. The van der Waals surface area contributed by atoms with Gasteiger partial charge < -0.3 is 10.5 Å². The lowest BCUT2D eigenvalue weighted by molar-refractivity contribution is -0.145. The van der Waals surface area contributed by atoms with Crippen LogP contribution in [0.1, 0.15) is 32.9 Å². The summed E-state index contributed by atoms with van der Waals surface area (Å²) in [7, 11) is 0. The van der Waals surface area contributed by atoms with E-state index in [1.54, 1.807) is 12.3 Å². The smallest absolute Gasteiger partial charge is 0.326 e. The Labute approximate surface area is 171 Å². The van der Waals surface area contributed by atoms with Gasteiger partial charge in [0, 0.05) is 17.7 Å². The van der Waals surface area contributed by atoms with E-state index >= 15 is 0 Å². The minimum Gasteiger partial charge on any atom is -0.461 e. The number of hydrogen-bond donors (Lipinski definition) is 1. The molecular formula is C24H27FN2O2. The van der Waals surface area contributed by atoms with Gasteiger partial charge in [0.25, 0.3) is 0 Å². The van der Waals surface area contributed by atoms with E-state index in [-0.39, 0.29) is 29.7 Å². The third-order valence-electron chi connectivity index (χ3n) is 6.79. The van der Waals surface area contributed by atoms with E-state index in [1.807, 2.05) is 31.2 Å². The molecule has 1 aromatic heterocycles. The summed E-state index contributed by atoms with van der Waals surface area (Å²) in [5.41, 5.74) is 8.12. The van der Waals surface area contributed by atoms with E-state index in [4.69, 9.17) is 10.5 Å². The second-order valence-electron chi connectivity index (χ2n) is 8.64. The van der Waals surface area contributed by atoms with Gasteiger partial charge >= 0.3 is 5.97 Å². The molecule has 6 atom stereocenters. The highest BCUT2D eigenvalue weighted by molar-refractivity contribution is 5.84. The molecule has 1 saturated heterocycles. The molecule has 0 amide bonds. The molecule has 2 aliphatic rings. The van der Waals surface area contributed by atoms with E-state index in [0.717, 1.165) is 16.8 Å². The van der Waals surface area contributed by atoms with Gasteiger partial charge in [-0.2, -0.15) is 0 Å². The molecule has 2 aromatic rings. The standard InChI is InChI=1S/C24H27FN2O2/c1-14-12-24(26)22(16(3)29-23(24)28)21(15(14)2)10-9-20-8-7-18(13-27-20)17-5-4-6-19(25)11-17/h4-11,13-16,21-22H,12,26H2,1-3H3/b10-9+/t14-,15?,16+,21-,22-,24-/m0/s1. The van der Waals surface area contributed by atoms with Crippen LogP contribution in [-0.2, 0) is 9.53 Å². The van der Waals surface area contributed by atoms with Gasteiger partial charge in [-0.25, -0.2) is 4.39 Å². The Bertz CT molecular complexity index is 942. The van der Waals surface area contributed by atoms with Crippen molar-refractivity contribution in [3.63, 3.8) is 0 Å². The molecule has 2 N–H and O–H groups in total. The van der Waals surface area contributed by atoms with Crippen LogP contribution in [-0.4, -0.2) is 22.6 Å². The predicted octanol–water partition coefficient (Wildman–Crippen LogP) is 4.45. The summed E-state index contributed by atoms with van der Waals surface area (Å²) < 4.78 is 19.0. The number of esters is 1. The Morgan fingerprint density at radius 1 is 1.21 bits per heavy atom. The average molecular weight is 394 g/mol. The van der Waals surface area contributed by atoms with Crippen molar-refractivity contribution in [1.82, 2.24) is 4.98 Å². The van der Waals surface area contributed by atoms with Gasteiger partial charge in [0.15, 0.2) is 0 Å². The van der Waals surface area contributed by atoms with Crippen LogP contribution in [0.15, 0.2) is 48.7 Å². The maximum Gasteiger partial charge on any atom is 0.326 e. The van der Waals surface area contributed by atoms with Gasteiger partial charge in [-0.15, -0.1) is 0 Å². The van der Waals surface area contributed by atoms with E-state index in [2.05, 4.69) is 24.9 Å². The van der Waals surface area contributed by atoms with Crippen molar-refractivity contribution in [2.24, 2.45) is 29.4 Å². The van der Waals surface area contributed by atoms with Crippen molar-refractivity contribution in [3.8, 4) is 11.1 Å². The average Bonchev–Trinajstić information content (AvgIpc) is 2.91. The molecule has 1 aromatic carbocycles. The van der Waals surface area contributed by atoms with Crippen molar-refractivity contribution in [3.05, 3.63) is 60.2 Å². The number of benzene rings is 1. The molecule has 1 aliphatic heterocycles. The number of allylic oxidation sites excluding steroid dienone is 1. The molecule has 0 bridgehead atoms. The predicted molar refractivity (Wildman–Crippen MR) is 111 cm³/mol. The molecule has 2 fully saturated rings. The SMILES string of the molecule is CC1[C@@H](C)C[C@@]2(N)C(=O)O[C@H](C)[C@H]2[C@H]1/C=C/c1ccc(-c2cccc(F)c2)cn1. The molecule has 152 valence electrons. The Kier molecular flexibility index (Phi) is 5.03. The highest BCUT2D eigenvalue weighted by Gasteiger charge is 2.60. The monoisotopic (exact) mass is 394 g/mol. The first-order chi connectivity index (χ1) is 13.8. The van der Waals surface area contributed by atoms with Gasteiger partial charge in [-0.05, 0) is 60.9 Å². The van der Waals surface area contributed by atoms with Crippen molar-refractivity contribution in [2.75, 3.05) is 0 Å². The maximum atomic E-state index is 13.4. The molecule has 0 spiro atoms.